The van der Waals surface area contributed by atoms with Crippen LogP contribution in [0.1, 0.15) is 19.8 Å². The van der Waals surface area contributed by atoms with E-state index in [0.717, 1.165) is 39.0 Å². The zero-order chi connectivity index (χ0) is 17.3. The van der Waals surface area contributed by atoms with E-state index in [2.05, 4.69) is 23.8 Å². The molecule has 24 heavy (non-hydrogen) atoms. The third-order valence-electron chi connectivity index (χ3n) is 5.49. The maximum absolute atomic E-state index is 12.4. The molecule has 0 aromatic heterocycles. The summed E-state index contributed by atoms with van der Waals surface area (Å²) in [5.74, 6) is -0.794. The predicted octanol–water partition coefficient (Wildman–Crippen LogP) is -0.0504. The monoisotopic (exact) mass is 340 g/mol. The summed E-state index contributed by atoms with van der Waals surface area (Å²) in [5.41, 5.74) is 0. The Labute approximate surface area is 142 Å². The van der Waals surface area contributed by atoms with Crippen molar-refractivity contribution in [3.8, 4) is 0 Å². The number of piperidine rings is 1. The van der Waals surface area contributed by atoms with Crippen LogP contribution in [0.3, 0.4) is 0 Å². The number of rotatable bonds is 4. The molecule has 8 nitrogen and oxygen atoms in total. The van der Waals surface area contributed by atoms with Crippen LogP contribution in [0, 0.1) is 0 Å². The van der Waals surface area contributed by atoms with Crippen LogP contribution in [0.5, 0.6) is 0 Å². The average Bonchev–Trinajstić information content (AvgIpc) is 2.83. The predicted molar refractivity (Wildman–Crippen MR) is 87.7 cm³/mol. The van der Waals surface area contributed by atoms with E-state index < -0.39 is 5.97 Å². The van der Waals surface area contributed by atoms with Gasteiger partial charge in [0, 0.05) is 32.2 Å². The normalized spacial score (nSPS) is 31.4. The molecule has 8 heteroatoms. The molecule has 136 valence electrons. The molecule has 0 aromatic carbocycles. The first-order valence-corrected chi connectivity index (χ1v) is 8.81. The Balaban J connectivity index is 1.56. The van der Waals surface area contributed by atoms with Crippen molar-refractivity contribution >= 4 is 12.1 Å². The first-order chi connectivity index (χ1) is 11.5. The molecule has 0 bridgehead atoms. The molecule has 3 heterocycles. The number of cyclic esters (lactones) is 1. The van der Waals surface area contributed by atoms with Gasteiger partial charge in [-0.3, -0.25) is 19.5 Å². The van der Waals surface area contributed by atoms with Gasteiger partial charge < -0.3 is 14.7 Å². The van der Waals surface area contributed by atoms with Gasteiger partial charge in [0.05, 0.1) is 12.6 Å². The number of ether oxygens (including phenoxy) is 1. The molecule has 0 aromatic rings. The van der Waals surface area contributed by atoms with Crippen LogP contribution in [-0.4, -0.2) is 108 Å². The highest BCUT2D eigenvalue weighted by Gasteiger charge is 2.46. The van der Waals surface area contributed by atoms with Gasteiger partial charge in [0.15, 0.2) is 6.23 Å². The zero-order valence-electron chi connectivity index (χ0n) is 14.6. The second kappa shape index (κ2) is 7.25. The van der Waals surface area contributed by atoms with Gasteiger partial charge in [0.1, 0.15) is 0 Å². The van der Waals surface area contributed by atoms with Crippen molar-refractivity contribution in [1.29, 1.82) is 0 Å². The first-order valence-electron chi connectivity index (χ1n) is 8.81. The van der Waals surface area contributed by atoms with E-state index in [9.17, 15) is 9.59 Å². The number of likely N-dealkylation sites (tertiary alicyclic amines) is 1. The van der Waals surface area contributed by atoms with Gasteiger partial charge in [0.25, 0.3) is 0 Å². The third kappa shape index (κ3) is 3.65. The number of carboxylic acid groups (broad SMARTS) is 1. The van der Waals surface area contributed by atoms with Crippen LogP contribution >= 0.6 is 0 Å². The Morgan fingerprint density at radius 3 is 2.38 bits per heavy atom. The molecule has 3 aliphatic heterocycles. The highest BCUT2D eigenvalue weighted by atomic mass is 16.6. The summed E-state index contributed by atoms with van der Waals surface area (Å²) in [7, 11) is 2.11. The molecule has 3 rings (SSSR count). The second-order valence-electron chi connectivity index (χ2n) is 7.16. The number of aliphatic carboxylic acids is 1. The minimum absolute atomic E-state index is 0.0388. The van der Waals surface area contributed by atoms with Crippen molar-refractivity contribution in [2.24, 2.45) is 0 Å². The number of carboxylic acids is 1. The smallest absolute Gasteiger partial charge is 0.412 e. The fourth-order valence-corrected chi connectivity index (χ4v) is 4.07. The number of hydrogen-bond acceptors (Lipinski definition) is 6. The van der Waals surface area contributed by atoms with Gasteiger partial charge in [-0.2, -0.15) is 0 Å². The van der Waals surface area contributed by atoms with E-state index in [-0.39, 0.29) is 30.9 Å². The molecule has 0 saturated carbocycles. The quantitative estimate of drug-likeness (QED) is 0.769. The molecule has 1 amide bonds. The van der Waals surface area contributed by atoms with Crippen molar-refractivity contribution in [2.45, 2.75) is 38.1 Å². The molecule has 3 saturated heterocycles. The number of amides is 1. The highest BCUT2D eigenvalue weighted by molar-refractivity contribution is 5.71. The highest BCUT2D eigenvalue weighted by Crippen LogP contribution is 2.29. The van der Waals surface area contributed by atoms with E-state index in [1.165, 1.54) is 0 Å². The lowest BCUT2D eigenvalue weighted by Crippen LogP contribution is -2.55. The minimum atomic E-state index is -0.794. The number of piperazine rings is 1. The third-order valence-corrected chi connectivity index (χ3v) is 5.49. The molecule has 3 fully saturated rings. The minimum Gasteiger partial charge on any atom is -0.480 e. The lowest BCUT2D eigenvalue weighted by atomic mass is 10.0. The lowest BCUT2D eigenvalue weighted by molar-refractivity contribution is -0.139. The topological polar surface area (TPSA) is 76.6 Å². The van der Waals surface area contributed by atoms with Gasteiger partial charge in [-0.25, -0.2) is 4.79 Å². The first kappa shape index (κ1) is 17.4. The average molecular weight is 340 g/mol. The maximum atomic E-state index is 12.4. The summed E-state index contributed by atoms with van der Waals surface area (Å²) in [6.45, 7) is 7.03. The fourth-order valence-electron chi connectivity index (χ4n) is 4.07. The van der Waals surface area contributed by atoms with Crippen LogP contribution in [0.25, 0.3) is 0 Å². The van der Waals surface area contributed by atoms with Crippen LogP contribution in [-0.2, 0) is 9.53 Å². The van der Waals surface area contributed by atoms with E-state index >= 15 is 0 Å². The fraction of sp³-hybridized carbons (Fsp3) is 0.875. The van der Waals surface area contributed by atoms with E-state index in [4.69, 9.17) is 9.84 Å². The number of carbonyl (C=O) groups excluding carboxylic acids is 1. The molecule has 2 atom stereocenters. The summed E-state index contributed by atoms with van der Waals surface area (Å²) in [6, 6.07) is 0.305. The Morgan fingerprint density at radius 2 is 1.79 bits per heavy atom. The molecule has 2 unspecified atom stereocenters. The van der Waals surface area contributed by atoms with Crippen molar-refractivity contribution < 1.29 is 19.4 Å². The van der Waals surface area contributed by atoms with Gasteiger partial charge in [-0.1, -0.05) is 0 Å². The molecule has 3 aliphatic rings. The van der Waals surface area contributed by atoms with Gasteiger partial charge in [0.2, 0.25) is 0 Å². The summed E-state index contributed by atoms with van der Waals surface area (Å²) < 4.78 is 5.69. The SMILES string of the molecule is CC1C(N2CCN(CC(=O)O)CC2)OC(=O)N1C1CCN(C)CC1. The lowest BCUT2D eigenvalue weighted by Gasteiger charge is -2.39. The van der Waals surface area contributed by atoms with Crippen molar-refractivity contribution in [3.63, 3.8) is 0 Å². The van der Waals surface area contributed by atoms with Gasteiger partial charge >= 0.3 is 12.1 Å². The van der Waals surface area contributed by atoms with Crippen molar-refractivity contribution in [1.82, 2.24) is 19.6 Å². The van der Waals surface area contributed by atoms with E-state index in [1.54, 1.807) is 0 Å². The summed E-state index contributed by atoms with van der Waals surface area (Å²) in [4.78, 5) is 31.5. The van der Waals surface area contributed by atoms with E-state index in [0.29, 0.717) is 13.1 Å². The van der Waals surface area contributed by atoms with Crippen LogP contribution < -0.4 is 0 Å². The van der Waals surface area contributed by atoms with Crippen LogP contribution in [0.2, 0.25) is 0 Å². The van der Waals surface area contributed by atoms with Crippen LogP contribution in [0.15, 0.2) is 0 Å². The van der Waals surface area contributed by atoms with Gasteiger partial charge in [-0.15, -0.1) is 0 Å². The molecular weight excluding hydrogens is 312 g/mol. The Morgan fingerprint density at radius 1 is 1.17 bits per heavy atom. The Kier molecular flexibility index (Phi) is 5.27. The number of hydrogen-bond donors (Lipinski definition) is 1. The standard InChI is InChI=1S/C16H28N4O4/c1-12-15(19-9-7-18(8-10-19)11-14(21)22)24-16(23)20(12)13-3-5-17(2)6-4-13/h12-13,15H,3-11H2,1-2H3,(H,21,22). The summed E-state index contributed by atoms with van der Waals surface area (Å²) in [5, 5.41) is 8.88. The zero-order valence-corrected chi connectivity index (χ0v) is 14.6. The van der Waals surface area contributed by atoms with E-state index in [1.807, 2.05) is 9.80 Å². The molecular formula is C16H28N4O4. The molecule has 0 radical (unpaired) electrons. The molecule has 0 aliphatic carbocycles. The molecule has 0 spiro atoms. The summed E-state index contributed by atoms with van der Waals surface area (Å²) in [6.07, 6.45) is 1.57. The second-order valence-corrected chi connectivity index (χ2v) is 7.16. The van der Waals surface area contributed by atoms with Crippen molar-refractivity contribution in [2.75, 3.05) is 52.9 Å². The molecule has 1 N–H and O–H groups in total. The largest absolute Gasteiger partial charge is 0.480 e. The van der Waals surface area contributed by atoms with Crippen molar-refractivity contribution in [3.05, 3.63) is 0 Å². The Hall–Kier alpha value is -1.38. The number of carbonyl (C=O) groups is 2. The van der Waals surface area contributed by atoms with Gasteiger partial charge in [-0.05, 0) is 39.9 Å². The van der Waals surface area contributed by atoms with Crippen LogP contribution in [0.4, 0.5) is 4.79 Å². The summed E-state index contributed by atoms with van der Waals surface area (Å²) >= 11 is 0. The Bertz CT molecular complexity index is 473. The maximum Gasteiger partial charge on any atom is 0.412 e. The number of nitrogens with zero attached hydrogens (tertiary/aromatic N) is 4.